The van der Waals surface area contributed by atoms with Crippen molar-refractivity contribution in [2.24, 2.45) is 5.92 Å². The molecule has 2 heterocycles. The molecule has 0 fully saturated rings. The van der Waals surface area contributed by atoms with Crippen LogP contribution in [0.4, 0.5) is 0 Å². The highest BCUT2D eigenvalue weighted by Crippen LogP contribution is 2.26. The van der Waals surface area contributed by atoms with Crippen molar-refractivity contribution in [1.82, 2.24) is 9.97 Å². The number of oxazole rings is 1. The van der Waals surface area contributed by atoms with E-state index in [1.807, 2.05) is 11.4 Å². The molecule has 0 radical (unpaired) electrons. The van der Waals surface area contributed by atoms with E-state index in [1.54, 1.807) is 6.20 Å². The van der Waals surface area contributed by atoms with Gasteiger partial charge in [-0.15, -0.1) is 11.3 Å². The number of thiazole rings is 1. The molecule has 3 nitrogen and oxygen atoms in total. The third-order valence-electron chi connectivity index (χ3n) is 2.71. The molecular weight excluding hydrogens is 244 g/mol. The molecule has 3 aromatic rings. The van der Waals surface area contributed by atoms with Crippen LogP contribution in [0.2, 0.25) is 0 Å². The molecule has 0 unspecified atom stereocenters. The van der Waals surface area contributed by atoms with Crippen LogP contribution in [0.3, 0.4) is 0 Å². The van der Waals surface area contributed by atoms with Gasteiger partial charge >= 0.3 is 0 Å². The van der Waals surface area contributed by atoms with Crippen molar-refractivity contribution >= 4 is 22.4 Å². The quantitative estimate of drug-likeness (QED) is 0.708. The van der Waals surface area contributed by atoms with E-state index in [1.165, 1.54) is 16.9 Å². The summed E-state index contributed by atoms with van der Waals surface area (Å²) in [5, 5.41) is 2.76. The monoisotopic (exact) mass is 258 g/mol. The Morgan fingerprint density at radius 3 is 2.94 bits per heavy atom. The maximum Gasteiger partial charge on any atom is 0.256 e. The van der Waals surface area contributed by atoms with Crippen LogP contribution < -0.4 is 0 Å². The van der Waals surface area contributed by atoms with Crippen LogP contribution in [0.5, 0.6) is 0 Å². The fourth-order valence-corrected chi connectivity index (χ4v) is 2.55. The molecule has 0 saturated heterocycles. The number of benzene rings is 1. The minimum atomic E-state index is 0.613. The molecule has 0 saturated carbocycles. The van der Waals surface area contributed by atoms with E-state index in [0.717, 1.165) is 22.5 Å². The van der Waals surface area contributed by atoms with Gasteiger partial charge in [0.15, 0.2) is 10.6 Å². The highest BCUT2D eigenvalue weighted by molar-refractivity contribution is 7.12. The second-order valence-electron chi connectivity index (χ2n) is 4.76. The van der Waals surface area contributed by atoms with E-state index in [4.69, 9.17) is 4.42 Å². The summed E-state index contributed by atoms with van der Waals surface area (Å²) in [6, 6.07) is 6.21. The lowest BCUT2D eigenvalue weighted by Gasteiger charge is -2.03. The van der Waals surface area contributed by atoms with Gasteiger partial charge in [-0.2, -0.15) is 0 Å². The summed E-state index contributed by atoms with van der Waals surface area (Å²) in [5.74, 6) is 1.26. The molecule has 0 aliphatic carbocycles. The van der Waals surface area contributed by atoms with Crippen LogP contribution in [0, 0.1) is 5.92 Å². The zero-order chi connectivity index (χ0) is 12.5. The van der Waals surface area contributed by atoms with Gasteiger partial charge in [-0.05, 0) is 30.0 Å². The number of fused-ring (bicyclic) bond motifs is 1. The van der Waals surface area contributed by atoms with Crippen molar-refractivity contribution in [2.75, 3.05) is 0 Å². The first-order valence-corrected chi connectivity index (χ1v) is 6.89. The maximum atomic E-state index is 5.71. The van der Waals surface area contributed by atoms with E-state index < -0.39 is 0 Å². The van der Waals surface area contributed by atoms with Gasteiger partial charge < -0.3 is 4.42 Å². The first-order valence-electron chi connectivity index (χ1n) is 6.01. The third kappa shape index (κ3) is 2.16. The van der Waals surface area contributed by atoms with Crippen molar-refractivity contribution in [1.29, 1.82) is 0 Å². The normalized spacial score (nSPS) is 11.5. The lowest BCUT2D eigenvalue weighted by atomic mass is 10.0. The van der Waals surface area contributed by atoms with Gasteiger partial charge in [-0.25, -0.2) is 9.97 Å². The molecule has 0 spiro atoms. The summed E-state index contributed by atoms with van der Waals surface area (Å²) in [7, 11) is 0. The first kappa shape index (κ1) is 11.4. The minimum Gasteiger partial charge on any atom is -0.434 e. The van der Waals surface area contributed by atoms with E-state index in [0.29, 0.717) is 11.8 Å². The Morgan fingerprint density at radius 2 is 2.22 bits per heavy atom. The van der Waals surface area contributed by atoms with Crippen LogP contribution in [0.25, 0.3) is 22.0 Å². The summed E-state index contributed by atoms with van der Waals surface area (Å²) in [6.45, 7) is 4.43. The highest BCUT2D eigenvalue weighted by Gasteiger charge is 2.10. The molecule has 4 heteroatoms. The SMILES string of the molecule is CC(C)Cc1ccc2oc(-c3nccs3)nc2c1. The fraction of sp³-hybridized carbons (Fsp3) is 0.286. The molecule has 1 aromatic carbocycles. The van der Waals surface area contributed by atoms with E-state index in [-0.39, 0.29) is 0 Å². The number of nitrogens with zero attached hydrogens (tertiary/aromatic N) is 2. The van der Waals surface area contributed by atoms with Gasteiger partial charge in [-0.1, -0.05) is 19.9 Å². The largest absolute Gasteiger partial charge is 0.434 e. The molecule has 92 valence electrons. The molecule has 18 heavy (non-hydrogen) atoms. The predicted molar refractivity (Wildman–Crippen MR) is 73.7 cm³/mol. The van der Waals surface area contributed by atoms with Crippen molar-refractivity contribution in [2.45, 2.75) is 20.3 Å². The minimum absolute atomic E-state index is 0.613. The first-order chi connectivity index (χ1) is 8.72. The summed E-state index contributed by atoms with van der Waals surface area (Å²) < 4.78 is 5.71. The molecule has 0 N–H and O–H groups in total. The van der Waals surface area contributed by atoms with Crippen LogP contribution in [0.1, 0.15) is 19.4 Å². The Bertz CT molecular complexity index is 656. The predicted octanol–water partition coefficient (Wildman–Crippen LogP) is 4.15. The fourth-order valence-electron chi connectivity index (χ4n) is 1.99. The van der Waals surface area contributed by atoms with Crippen LogP contribution in [-0.2, 0) is 6.42 Å². The van der Waals surface area contributed by atoms with Crippen LogP contribution >= 0.6 is 11.3 Å². The average molecular weight is 258 g/mol. The summed E-state index contributed by atoms with van der Waals surface area (Å²) >= 11 is 1.54. The van der Waals surface area contributed by atoms with Crippen molar-refractivity contribution in [3.05, 3.63) is 35.3 Å². The molecule has 2 aromatic heterocycles. The van der Waals surface area contributed by atoms with Gasteiger partial charge in [0.1, 0.15) is 5.52 Å². The van der Waals surface area contributed by atoms with Gasteiger partial charge in [0.25, 0.3) is 5.89 Å². The second-order valence-corrected chi connectivity index (χ2v) is 5.65. The van der Waals surface area contributed by atoms with Crippen molar-refractivity contribution in [3.63, 3.8) is 0 Å². The molecular formula is C14H14N2OS. The van der Waals surface area contributed by atoms with Gasteiger partial charge in [0.2, 0.25) is 0 Å². The lowest BCUT2D eigenvalue weighted by molar-refractivity contribution is 0.618. The summed E-state index contributed by atoms with van der Waals surface area (Å²) in [6.07, 6.45) is 2.83. The standard InChI is InChI=1S/C14H14N2OS/c1-9(2)7-10-3-4-12-11(8-10)16-13(17-12)14-15-5-6-18-14/h3-6,8-9H,7H2,1-2H3. The van der Waals surface area contributed by atoms with Crippen molar-refractivity contribution in [3.8, 4) is 10.9 Å². The number of hydrogen-bond acceptors (Lipinski definition) is 4. The molecule has 0 atom stereocenters. The van der Waals surface area contributed by atoms with Crippen molar-refractivity contribution < 1.29 is 4.42 Å². The number of rotatable bonds is 3. The zero-order valence-corrected chi connectivity index (χ0v) is 11.2. The number of hydrogen-bond donors (Lipinski definition) is 0. The Hall–Kier alpha value is -1.68. The Morgan fingerprint density at radius 1 is 1.33 bits per heavy atom. The van der Waals surface area contributed by atoms with Crippen LogP contribution in [-0.4, -0.2) is 9.97 Å². The smallest absolute Gasteiger partial charge is 0.256 e. The van der Waals surface area contributed by atoms with Gasteiger partial charge in [-0.3, -0.25) is 0 Å². The summed E-state index contributed by atoms with van der Waals surface area (Å²) in [4.78, 5) is 8.72. The molecule has 0 amide bonds. The maximum absolute atomic E-state index is 5.71. The third-order valence-corrected chi connectivity index (χ3v) is 3.47. The average Bonchev–Trinajstić information content (AvgIpc) is 2.95. The van der Waals surface area contributed by atoms with Gasteiger partial charge in [0, 0.05) is 11.6 Å². The number of aromatic nitrogens is 2. The lowest BCUT2D eigenvalue weighted by Crippen LogP contribution is -1.93. The Labute approximate surface area is 110 Å². The molecule has 3 rings (SSSR count). The highest BCUT2D eigenvalue weighted by atomic mass is 32.1. The second kappa shape index (κ2) is 4.53. The Balaban J connectivity index is 2.02. The van der Waals surface area contributed by atoms with E-state index >= 15 is 0 Å². The molecule has 0 aliphatic rings. The van der Waals surface area contributed by atoms with Gasteiger partial charge in [0.05, 0.1) is 0 Å². The van der Waals surface area contributed by atoms with E-state index in [2.05, 4.69) is 35.9 Å². The Kier molecular flexibility index (Phi) is 2.88. The van der Waals surface area contributed by atoms with E-state index in [9.17, 15) is 0 Å². The molecule has 0 bridgehead atoms. The molecule has 0 aliphatic heterocycles. The zero-order valence-electron chi connectivity index (χ0n) is 10.4. The topological polar surface area (TPSA) is 38.9 Å². The van der Waals surface area contributed by atoms with Crippen LogP contribution in [0.15, 0.2) is 34.2 Å². The summed E-state index contributed by atoms with van der Waals surface area (Å²) in [5.41, 5.74) is 3.04.